The van der Waals surface area contributed by atoms with Gasteiger partial charge in [0.15, 0.2) is 5.78 Å². The Kier molecular flexibility index (Phi) is 5.20. The lowest BCUT2D eigenvalue weighted by atomic mass is 9.97. The standard InChI is InChI=1S/C14H8F6N6O/c1-6(27)11-9(14(18,19)20)2-8(13(15,16)17)3-10(11)22-5-7(4-21)12-23-25-26-24-12/h2-3,5,22H,1H3,(H,23,24,25,26). The van der Waals surface area contributed by atoms with Crippen LogP contribution in [0, 0.1) is 11.3 Å². The number of nitriles is 1. The first-order valence-electron chi connectivity index (χ1n) is 6.89. The van der Waals surface area contributed by atoms with E-state index in [0.29, 0.717) is 6.07 Å². The molecule has 0 fully saturated rings. The molecule has 13 heteroatoms. The molecule has 1 aromatic heterocycles. The molecule has 1 aromatic carbocycles. The number of H-pyrrole nitrogens is 1. The predicted molar refractivity (Wildman–Crippen MR) is 77.8 cm³/mol. The van der Waals surface area contributed by atoms with Crippen molar-refractivity contribution in [3.63, 3.8) is 0 Å². The van der Waals surface area contributed by atoms with Crippen LogP contribution in [0.25, 0.3) is 5.57 Å². The molecule has 0 aliphatic rings. The van der Waals surface area contributed by atoms with Crippen LogP contribution in [0.1, 0.15) is 34.2 Å². The number of hydrogen-bond donors (Lipinski definition) is 2. The van der Waals surface area contributed by atoms with Gasteiger partial charge in [-0.05, 0) is 24.3 Å². The second kappa shape index (κ2) is 7.06. The summed E-state index contributed by atoms with van der Waals surface area (Å²) < 4.78 is 78.5. The molecule has 142 valence electrons. The molecular weight excluding hydrogens is 382 g/mol. The van der Waals surface area contributed by atoms with Crippen LogP contribution in [0.2, 0.25) is 0 Å². The Balaban J connectivity index is 2.66. The van der Waals surface area contributed by atoms with Crippen molar-refractivity contribution in [1.29, 1.82) is 5.26 Å². The van der Waals surface area contributed by atoms with Gasteiger partial charge in [0.1, 0.15) is 11.6 Å². The molecule has 0 amide bonds. The van der Waals surface area contributed by atoms with Crippen molar-refractivity contribution in [1.82, 2.24) is 20.6 Å². The first kappa shape index (κ1) is 19.9. The highest BCUT2D eigenvalue weighted by atomic mass is 19.4. The first-order valence-corrected chi connectivity index (χ1v) is 6.89. The zero-order chi connectivity index (χ0) is 20.4. The van der Waals surface area contributed by atoms with Crippen LogP contribution in [-0.2, 0) is 12.4 Å². The summed E-state index contributed by atoms with van der Waals surface area (Å²) in [6.45, 7) is 0.775. The van der Waals surface area contributed by atoms with Crippen molar-refractivity contribution in [3.05, 3.63) is 40.8 Å². The monoisotopic (exact) mass is 390 g/mol. The first-order chi connectivity index (χ1) is 12.4. The molecular formula is C14H8F6N6O. The molecule has 0 saturated carbocycles. The summed E-state index contributed by atoms with van der Waals surface area (Å²) in [4.78, 5) is 11.7. The zero-order valence-corrected chi connectivity index (χ0v) is 13.2. The fraction of sp³-hybridized carbons (Fsp3) is 0.214. The van der Waals surface area contributed by atoms with E-state index in [1.165, 1.54) is 0 Å². The van der Waals surface area contributed by atoms with Crippen LogP contribution in [-0.4, -0.2) is 26.4 Å². The normalized spacial score (nSPS) is 12.6. The van der Waals surface area contributed by atoms with Gasteiger partial charge in [-0.1, -0.05) is 0 Å². The highest BCUT2D eigenvalue weighted by Gasteiger charge is 2.40. The molecule has 7 nitrogen and oxygen atoms in total. The summed E-state index contributed by atoms with van der Waals surface area (Å²) in [5, 5.41) is 23.3. The lowest BCUT2D eigenvalue weighted by Crippen LogP contribution is -2.17. The number of anilines is 1. The van der Waals surface area contributed by atoms with Crippen molar-refractivity contribution in [2.24, 2.45) is 0 Å². The third kappa shape index (κ3) is 4.40. The molecule has 0 aliphatic heterocycles. The van der Waals surface area contributed by atoms with Crippen molar-refractivity contribution in [2.45, 2.75) is 19.3 Å². The Morgan fingerprint density at radius 3 is 2.33 bits per heavy atom. The summed E-state index contributed by atoms with van der Waals surface area (Å²) in [6, 6.07) is 1.80. The Hall–Kier alpha value is -3.43. The van der Waals surface area contributed by atoms with Crippen molar-refractivity contribution in [2.75, 3.05) is 5.32 Å². The van der Waals surface area contributed by atoms with E-state index in [2.05, 4.69) is 20.7 Å². The molecule has 0 radical (unpaired) electrons. The van der Waals surface area contributed by atoms with E-state index in [1.54, 1.807) is 6.07 Å². The van der Waals surface area contributed by atoms with Crippen LogP contribution < -0.4 is 5.32 Å². The lowest BCUT2D eigenvalue weighted by Gasteiger charge is -2.18. The second-order valence-electron chi connectivity index (χ2n) is 5.05. The maximum absolute atomic E-state index is 13.2. The molecule has 27 heavy (non-hydrogen) atoms. The number of nitrogens with one attached hydrogen (secondary N) is 2. The van der Waals surface area contributed by atoms with E-state index in [0.717, 1.165) is 13.1 Å². The number of carbonyl (C=O) groups is 1. The number of carbonyl (C=O) groups excluding carboxylic acids is 1. The Labute approximate surface area is 146 Å². The number of aromatic amines is 1. The van der Waals surface area contributed by atoms with Gasteiger partial charge in [-0.15, -0.1) is 10.2 Å². The number of allylic oxidation sites excluding steroid dienone is 1. The average Bonchev–Trinajstić information content (AvgIpc) is 3.07. The van der Waals surface area contributed by atoms with Crippen molar-refractivity contribution >= 4 is 17.0 Å². The molecule has 1 heterocycles. The van der Waals surface area contributed by atoms with Gasteiger partial charge in [0.25, 0.3) is 0 Å². The third-order valence-corrected chi connectivity index (χ3v) is 3.20. The van der Waals surface area contributed by atoms with E-state index in [1.807, 2.05) is 5.21 Å². The van der Waals surface area contributed by atoms with Gasteiger partial charge in [0.2, 0.25) is 5.82 Å². The zero-order valence-electron chi connectivity index (χ0n) is 13.2. The number of alkyl halides is 6. The van der Waals surface area contributed by atoms with Crippen molar-refractivity contribution < 1.29 is 31.1 Å². The SMILES string of the molecule is CC(=O)c1c(NC=C(C#N)c2nn[nH]n2)cc(C(F)(F)F)cc1C(F)(F)F. The van der Waals surface area contributed by atoms with Crippen molar-refractivity contribution in [3.8, 4) is 6.07 Å². The average molecular weight is 390 g/mol. The summed E-state index contributed by atoms with van der Waals surface area (Å²) >= 11 is 0. The number of ketones is 1. The van der Waals surface area contributed by atoms with Crippen LogP contribution in [0.4, 0.5) is 32.0 Å². The predicted octanol–water partition coefficient (Wildman–Crippen LogP) is 3.42. The smallest absolute Gasteiger partial charge is 0.360 e. The minimum atomic E-state index is -5.21. The maximum Gasteiger partial charge on any atom is 0.417 e. The number of nitrogens with zero attached hydrogens (tertiary/aromatic N) is 4. The molecule has 2 rings (SSSR count). The Bertz CT molecular complexity index is 923. The van der Waals surface area contributed by atoms with Crippen LogP contribution in [0.5, 0.6) is 0 Å². The van der Waals surface area contributed by atoms with Gasteiger partial charge in [0.05, 0.1) is 22.4 Å². The number of tetrazole rings is 1. The topological polar surface area (TPSA) is 107 Å². The number of hydrogen-bond acceptors (Lipinski definition) is 6. The third-order valence-electron chi connectivity index (χ3n) is 3.20. The number of aromatic nitrogens is 4. The molecule has 2 N–H and O–H groups in total. The van der Waals surface area contributed by atoms with Gasteiger partial charge < -0.3 is 5.32 Å². The Morgan fingerprint density at radius 2 is 1.89 bits per heavy atom. The van der Waals surface area contributed by atoms with E-state index < -0.39 is 40.5 Å². The molecule has 0 atom stereocenters. The fourth-order valence-corrected chi connectivity index (χ4v) is 2.10. The van der Waals surface area contributed by atoms with Gasteiger partial charge in [0, 0.05) is 6.20 Å². The van der Waals surface area contributed by atoms with Gasteiger partial charge in [-0.2, -0.15) is 36.8 Å². The van der Waals surface area contributed by atoms with E-state index >= 15 is 0 Å². The number of Topliss-reactive ketones (excluding diaryl/α,β-unsaturated/α-hetero) is 1. The highest BCUT2D eigenvalue weighted by Crippen LogP contribution is 2.40. The maximum atomic E-state index is 13.2. The van der Waals surface area contributed by atoms with Gasteiger partial charge in [-0.25, -0.2) is 0 Å². The van der Waals surface area contributed by atoms with E-state index in [4.69, 9.17) is 5.26 Å². The van der Waals surface area contributed by atoms with Crippen LogP contribution >= 0.6 is 0 Å². The molecule has 0 bridgehead atoms. The molecule has 0 spiro atoms. The summed E-state index contributed by atoms with van der Waals surface area (Å²) in [5.41, 5.74) is -5.49. The van der Waals surface area contributed by atoms with E-state index in [9.17, 15) is 31.1 Å². The van der Waals surface area contributed by atoms with E-state index in [-0.39, 0.29) is 17.5 Å². The summed E-state index contributed by atoms with van der Waals surface area (Å²) in [5.74, 6) is -1.37. The number of rotatable bonds is 4. The highest BCUT2D eigenvalue weighted by molar-refractivity contribution is 6.01. The largest absolute Gasteiger partial charge is 0.417 e. The minimum absolute atomic E-state index is 0.143. The second-order valence-corrected chi connectivity index (χ2v) is 5.05. The van der Waals surface area contributed by atoms with Crippen LogP contribution in [0.15, 0.2) is 18.3 Å². The summed E-state index contributed by atoms with van der Waals surface area (Å²) in [6.07, 6.45) is -9.54. The molecule has 0 unspecified atom stereocenters. The minimum Gasteiger partial charge on any atom is -0.360 e. The quantitative estimate of drug-likeness (QED) is 0.471. The summed E-state index contributed by atoms with van der Waals surface area (Å²) in [7, 11) is 0. The number of benzene rings is 1. The van der Waals surface area contributed by atoms with Gasteiger partial charge >= 0.3 is 12.4 Å². The molecule has 0 aliphatic carbocycles. The molecule has 2 aromatic rings. The number of halogens is 6. The van der Waals surface area contributed by atoms with Gasteiger partial charge in [-0.3, -0.25) is 4.79 Å². The van der Waals surface area contributed by atoms with Crippen LogP contribution in [0.3, 0.4) is 0 Å². The molecule has 0 saturated heterocycles. The fourth-order valence-electron chi connectivity index (χ4n) is 2.10. The Morgan fingerprint density at radius 1 is 1.22 bits per heavy atom. The lowest BCUT2D eigenvalue weighted by molar-refractivity contribution is -0.143.